The third-order valence-electron chi connectivity index (χ3n) is 4.11. The monoisotopic (exact) mass is 404 g/mol. The van der Waals surface area contributed by atoms with E-state index in [2.05, 4.69) is 15.6 Å². The predicted molar refractivity (Wildman–Crippen MR) is 108 cm³/mol. The van der Waals surface area contributed by atoms with Gasteiger partial charge in [-0.3, -0.25) is 9.59 Å². The summed E-state index contributed by atoms with van der Waals surface area (Å²) in [5, 5.41) is 5.34. The standard InChI is InChI=1S/C20H25FN4O4/c1-28-19-11-10-15(20(25-19)29-2)23-17(26)6-4-3-5-7-18(27)24-16-12-13(21)8-9-14(16)22/h8-12H,3-7,22H2,1-2H3,(H,23,26)(H,24,27). The van der Waals surface area contributed by atoms with Gasteiger partial charge in [0.05, 0.1) is 25.6 Å². The average molecular weight is 404 g/mol. The van der Waals surface area contributed by atoms with Crippen LogP contribution in [0.4, 0.5) is 21.5 Å². The van der Waals surface area contributed by atoms with E-state index in [0.29, 0.717) is 42.9 Å². The van der Waals surface area contributed by atoms with Crippen LogP contribution in [0.5, 0.6) is 11.8 Å². The quantitative estimate of drug-likeness (QED) is 0.413. The fourth-order valence-corrected chi connectivity index (χ4v) is 2.60. The van der Waals surface area contributed by atoms with E-state index in [1.54, 1.807) is 12.1 Å². The number of ether oxygens (including phenoxy) is 2. The molecule has 0 fully saturated rings. The Morgan fingerprint density at radius 2 is 1.62 bits per heavy atom. The second kappa shape index (κ2) is 10.8. The third-order valence-corrected chi connectivity index (χ3v) is 4.11. The Hall–Kier alpha value is -3.36. The molecule has 0 unspecified atom stereocenters. The summed E-state index contributed by atoms with van der Waals surface area (Å²) in [5.74, 6) is -0.235. The Balaban J connectivity index is 1.69. The molecule has 0 saturated heterocycles. The van der Waals surface area contributed by atoms with Gasteiger partial charge in [-0.1, -0.05) is 6.42 Å². The molecule has 156 valence electrons. The predicted octanol–water partition coefficient (Wildman–Crippen LogP) is 3.35. The molecule has 2 aromatic rings. The maximum atomic E-state index is 13.2. The fraction of sp³-hybridized carbons (Fsp3) is 0.350. The molecule has 1 aromatic heterocycles. The number of hydrogen-bond acceptors (Lipinski definition) is 6. The van der Waals surface area contributed by atoms with Gasteiger partial charge in [0.2, 0.25) is 23.6 Å². The van der Waals surface area contributed by atoms with E-state index >= 15 is 0 Å². The van der Waals surface area contributed by atoms with Crippen molar-refractivity contribution >= 4 is 28.9 Å². The Labute approximate surface area is 168 Å². The topological polar surface area (TPSA) is 116 Å². The molecule has 1 heterocycles. The van der Waals surface area contributed by atoms with Crippen molar-refractivity contribution in [1.82, 2.24) is 4.98 Å². The van der Waals surface area contributed by atoms with Crippen LogP contribution in [0.3, 0.4) is 0 Å². The van der Waals surface area contributed by atoms with Gasteiger partial charge in [0, 0.05) is 18.9 Å². The highest BCUT2D eigenvalue weighted by Crippen LogP contribution is 2.25. The summed E-state index contributed by atoms with van der Waals surface area (Å²) < 4.78 is 23.4. The molecule has 29 heavy (non-hydrogen) atoms. The van der Waals surface area contributed by atoms with Crippen molar-refractivity contribution in [2.75, 3.05) is 30.6 Å². The fourth-order valence-electron chi connectivity index (χ4n) is 2.60. The Morgan fingerprint density at radius 3 is 2.24 bits per heavy atom. The Morgan fingerprint density at radius 1 is 0.966 bits per heavy atom. The molecular weight excluding hydrogens is 379 g/mol. The molecular formula is C20H25FN4O4. The molecule has 0 radical (unpaired) electrons. The van der Waals surface area contributed by atoms with Crippen LogP contribution in [-0.4, -0.2) is 31.0 Å². The number of nitrogens with one attached hydrogen (secondary N) is 2. The van der Waals surface area contributed by atoms with E-state index in [1.165, 1.54) is 32.4 Å². The molecule has 0 saturated carbocycles. The summed E-state index contributed by atoms with van der Waals surface area (Å²) in [4.78, 5) is 28.1. The highest BCUT2D eigenvalue weighted by atomic mass is 19.1. The molecule has 2 amide bonds. The van der Waals surface area contributed by atoms with Gasteiger partial charge in [-0.2, -0.15) is 4.98 Å². The number of methoxy groups -OCH3 is 2. The number of carbonyl (C=O) groups excluding carboxylic acids is 2. The molecule has 9 heteroatoms. The lowest BCUT2D eigenvalue weighted by atomic mass is 10.1. The minimum atomic E-state index is -0.468. The molecule has 0 spiro atoms. The molecule has 0 aliphatic rings. The number of hydrogen-bond donors (Lipinski definition) is 3. The van der Waals surface area contributed by atoms with Crippen molar-refractivity contribution in [3.63, 3.8) is 0 Å². The lowest BCUT2D eigenvalue weighted by molar-refractivity contribution is -0.116. The second-order valence-electron chi connectivity index (χ2n) is 6.30. The zero-order chi connectivity index (χ0) is 21.2. The van der Waals surface area contributed by atoms with E-state index in [9.17, 15) is 14.0 Å². The molecule has 4 N–H and O–H groups in total. The number of anilines is 3. The zero-order valence-corrected chi connectivity index (χ0v) is 16.5. The van der Waals surface area contributed by atoms with Crippen molar-refractivity contribution in [3.05, 3.63) is 36.1 Å². The largest absolute Gasteiger partial charge is 0.481 e. The lowest BCUT2D eigenvalue weighted by Gasteiger charge is -2.10. The number of rotatable bonds is 10. The molecule has 0 bridgehead atoms. The number of benzene rings is 1. The van der Waals surface area contributed by atoms with Crippen LogP contribution in [0, 0.1) is 5.82 Å². The van der Waals surface area contributed by atoms with E-state index in [4.69, 9.17) is 15.2 Å². The SMILES string of the molecule is COc1ccc(NC(=O)CCCCCC(=O)Nc2cc(F)ccc2N)c(OC)n1. The first-order valence-corrected chi connectivity index (χ1v) is 9.16. The number of aromatic nitrogens is 1. The average Bonchev–Trinajstić information content (AvgIpc) is 2.70. The molecule has 0 atom stereocenters. The van der Waals surface area contributed by atoms with E-state index in [1.807, 2.05) is 0 Å². The first-order valence-electron chi connectivity index (χ1n) is 9.16. The maximum Gasteiger partial charge on any atom is 0.240 e. The Kier molecular flexibility index (Phi) is 8.20. The van der Waals surface area contributed by atoms with Gasteiger partial charge < -0.3 is 25.8 Å². The van der Waals surface area contributed by atoms with E-state index < -0.39 is 5.82 Å². The van der Waals surface area contributed by atoms with Crippen molar-refractivity contribution < 1.29 is 23.5 Å². The number of carbonyl (C=O) groups is 2. The van der Waals surface area contributed by atoms with Gasteiger partial charge in [-0.05, 0) is 37.1 Å². The van der Waals surface area contributed by atoms with Crippen molar-refractivity contribution in [3.8, 4) is 11.8 Å². The van der Waals surface area contributed by atoms with Gasteiger partial charge >= 0.3 is 0 Å². The third kappa shape index (κ3) is 6.95. The number of nitrogen functional groups attached to an aromatic ring is 1. The summed E-state index contributed by atoms with van der Waals surface area (Å²) in [6.07, 6.45) is 2.47. The summed E-state index contributed by atoms with van der Waals surface area (Å²) in [6.45, 7) is 0. The normalized spacial score (nSPS) is 10.3. The van der Waals surface area contributed by atoms with E-state index in [-0.39, 0.29) is 29.8 Å². The number of pyridine rings is 1. The minimum Gasteiger partial charge on any atom is -0.481 e. The molecule has 8 nitrogen and oxygen atoms in total. The van der Waals surface area contributed by atoms with Crippen molar-refractivity contribution in [2.45, 2.75) is 32.1 Å². The Bertz CT molecular complexity index is 860. The number of halogens is 1. The molecule has 0 aliphatic carbocycles. The smallest absolute Gasteiger partial charge is 0.240 e. The molecule has 1 aromatic carbocycles. The number of nitrogens with zero attached hydrogens (tertiary/aromatic N) is 1. The van der Waals surface area contributed by atoms with Crippen LogP contribution in [0.25, 0.3) is 0 Å². The van der Waals surface area contributed by atoms with Crippen LogP contribution in [0.2, 0.25) is 0 Å². The van der Waals surface area contributed by atoms with Crippen LogP contribution in [0.15, 0.2) is 30.3 Å². The summed E-state index contributed by atoms with van der Waals surface area (Å²) >= 11 is 0. The van der Waals surface area contributed by atoms with Gasteiger partial charge in [0.25, 0.3) is 0 Å². The van der Waals surface area contributed by atoms with Crippen LogP contribution >= 0.6 is 0 Å². The van der Waals surface area contributed by atoms with Crippen molar-refractivity contribution in [2.24, 2.45) is 0 Å². The number of unbranched alkanes of at least 4 members (excludes halogenated alkanes) is 2. The van der Waals surface area contributed by atoms with Gasteiger partial charge in [-0.15, -0.1) is 0 Å². The van der Waals surface area contributed by atoms with Crippen LogP contribution in [-0.2, 0) is 9.59 Å². The summed E-state index contributed by atoms with van der Waals surface area (Å²) in [5.41, 5.74) is 6.73. The number of amides is 2. The van der Waals surface area contributed by atoms with Gasteiger partial charge in [0.15, 0.2) is 0 Å². The highest BCUT2D eigenvalue weighted by molar-refractivity contribution is 5.94. The minimum absolute atomic E-state index is 0.174. The first-order chi connectivity index (χ1) is 13.9. The highest BCUT2D eigenvalue weighted by Gasteiger charge is 2.11. The summed E-state index contributed by atoms with van der Waals surface area (Å²) in [6, 6.07) is 7.09. The maximum absolute atomic E-state index is 13.2. The summed E-state index contributed by atoms with van der Waals surface area (Å²) in [7, 11) is 2.95. The molecule has 0 aliphatic heterocycles. The van der Waals surface area contributed by atoms with Crippen LogP contribution < -0.4 is 25.8 Å². The van der Waals surface area contributed by atoms with E-state index in [0.717, 1.165) is 0 Å². The zero-order valence-electron chi connectivity index (χ0n) is 16.5. The number of nitrogens with two attached hydrogens (primary N) is 1. The lowest BCUT2D eigenvalue weighted by Crippen LogP contribution is -2.14. The first kappa shape index (κ1) is 21.9. The second-order valence-corrected chi connectivity index (χ2v) is 6.30. The van der Waals surface area contributed by atoms with Crippen molar-refractivity contribution in [1.29, 1.82) is 0 Å². The van der Waals surface area contributed by atoms with Crippen LogP contribution in [0.1, 0.15) is 32.1 Å². The molecule has 2 rings (SSSR count). The van der Waals surface area contributed by atoms with Gasteiger partial charge in [0.1, 0.15) is 11.5 Å². The van der Waals surface area contributed by atoms with Gasteiger partial charge in [-0.25, -0.2) is 4.39 Å².